The van der Waals surface area contributed by atoms with Gasteiger partial charge in [0.1, 0.15) is 27.9 Å². The quantitative estimate of drug-likeness (QED) is 0.357. The molecule has 33 heavy (non-hydrogen) atoms. The van der Waals surface area contributed by atoms with Crippen molar-refractivity contribution in [2.45, 2.75) is 25.4 Å². The number of aromatic nitrogens is 1. The number of halogens is 1. The summed E-state index contributed by atoms with van der Waals surface area (Å²) >= 11 is 3.45. The first kappa shape index (κ1) is 23.3. The lowest BCUT2D eigenvalue weighted by atomic mass is 10.0. The van der Waals surface area contributed by atoms with E-state index in [1.54, 1.807) is 26.4 Å². The maximum absolute atomic E-state index is 13.2. The van der Waals surface area contributed by atoms with Gasteiger partial charge in [0, 0.05) is 31.5 Å². The van der Waals surface area contributed by atoms with Crippen LogP contribution in [0.5, 0.6) is 11.5 Å². The molecule has 1 fully saturated rings. The zero-order chi connectivity index (χ0) is 23.4. The lowest BCUT2D eigenvalue weighted by Crippen LogP contribution is -2.29. The molecule has 1 aliphatic heterocycles. The number of anilines is 1. The van der Waals surface area contributed by atoms with Crippen LogP contribution in [-0.2, 0) is 4.74 Å². The van der Waals surface area contributed by atoms with Gasteiger partial charge in [-0.2, -0.15) is 0 Å². The van der Waals surface area contributed by atoms with Crippen molar-refractivity contribution in [3.05, 3.63) is 58.6 Å². The van der Waals surface area contributed by atoms with Gasteiger partial charge in [-0.05, 0) is 65.0 Å². The minimum Gasteiger partial charge on any atom is -0.495 e. The summed E-state index contributed by atoms with van der Waals surface area (Å²) in [6.45, 7) is 2.13. The Kier molecular flexibility index (Phi) is 7.35. The molecule has 2 heterocycles. The van der Waals surface area contributed by atoms with Crippen LogP contribution >= 0.6 is 15.9 Å². The third kappa shape index (κ3) is 4.91. The van der Waals surface area contributed by atoms with Crippen LogP contribution in [0.4, 0.5) is 5.69 Å². The number of nitrogens with zero attached hydrogens (tertiary/aromatic N) is 2. The van der Waals surface area contributed by atoms with Gasteiger partial charge < -0.3 is 23.5 Å². The van der Waals surface area contributed by atoms with E-state index in [1.165, 1.54) is 32.6 Å². The highest BCUT2D eigenvalue weighted by Crippen LogP contribution is 2.39. The highest BCUT2D eigenvalue weighted by atomic mass is 79.9. The summed E-state index contributed by atoms with van der Waals surface area (Å²) in [5, 5.41) is 0. The van der Waals surface area contributed by atoms with Gasteiger partial charge in [-0.1, -0.05) is 12.1 Å². The van der Waals surface area contributed by atoms with Gasteiger partial charge in [-0.15, -0.1) is 0 Å². The second-order valence-electron chi connectivity index (χ2n) is 7.85. The third-order valence-electron chi connectivity index (χ3n) is 5.85. The molecule has 0 N–H and O–H groups in total. The Morgan fingerprint density at radius 2 is 1.67 bits per heavy atom. The van der Waals surface area contributed by atoms with Gasteiger partial charge in [-0.3, -0.25) is 4.79 Å². The van der Waals surface area contributed by atoms with Crippen LogP contribution in [0.1, 0.15) is 41.6 Å². The van der Waals surface area contributed by atoms with Gasteiger partial charge in [0.05, 0.1) is 14.2 Å². The first-order valence-electron chi connectivity index (χ1n) is 10.8. The maximum atomic E-state index is 13.2. The van der Waals surface area contributed by atoms with Crippen molar-refractivity contribution in [3.8, 4) is 22.8 Å². The summed E-state index contributed by atoms with van der Waals surface area (Å²) in [6.07, 6.45) is 4.35. The third-order valence-corrected chi connectivity index (χ3v) is 6.63. The fourth-order valence-corrected chi connectivity index (χ4v) is 4.61. The number of piperidine rings is 1. The molecule has 0 radical (unpaired) electrons. The first-order chi connectivity index (χ1) is 16.0. The number of rotatable bonds is 8. The van der Waals surface area contributed by atoms with E-state index in [2.05, 4.69) is 25.8 Å². The molecule has 0 bridgehead atoms. The number of ether oxygens (including phenoxy) is 3. The Labute approximate surface area is 201 Å². The molecule has 0 aliphatic carbocycles. The molecule has 3 aromatic rings. The van der Waals surface area contributed by atoms with E-state index in [-0.39, 0.29) is 11.7 Å². The van der Waals surface area contributed by atoms with Crippen molar-refractivity contribution in [2.75, 3.05) is 39.3 Å². The van der Waals surface area contributed by atoms with Gasteiger partial charge in [0.25, 0.3) is 11.7 Å². The van der Waals surface area contributed by atoms with Crippen LogP contribution < -0.4 is 14.4 Å². The summed E-state index contributed by atoms with van der Waals surface area (Å²) in [6, 6.07) is 11.6. The first-order valence-corrected chi connectivity index (χ1v) is 11.6. The molecule has 2 aromatic carbocycles. The van der Waals surface area contributed by atoms with Crippen molar-refractivity contribution in [1.29, 1.82) is 0 Å². The molecular weight excluding hydrogens is 488 g/mol. The Hall–Kier alpha value is -2.84. The molecular formula is C25H27BrN2O5. The van der Waals surface area contributed by atoms with Crippen molar-refractivity contribution in [1.82, 2.24) is 4.98 Å². The average Bonchev–Trinajstić information content (AvgIpc) is 3.36. The number of carbonyl (C=O) groups is 1. The number of oxazole rings is 1. The minimum atomic E-state index is -0.805. The molecule has 174 valence electrons. The number of benzene rings is 2. The average molecular weight is 515 g/mol. The predicted molar refractivity (Wildman–Crippen MR) is 129 cm³/mol. The van der Waals surface area contributed by atoms with E-state index >= 15 is 0 Å². The molecule has 0 amide bonds. The summed E-state index contributed by atoms with van der Waals surface area (Å²) in [7, 11) is 4.65. The van der Waals surface area contributed by atoms with Crippen LogP contribution in [0.25, 0.3) is 11.3 Å². The van der Waals surface area contributed by atoms with E-state index in [4.69, 9.17) is 18.6 Å². The summed E-state index contributed by atoms with van der Waals surface area (Å²) in [5.41, 5.74) is 3.12. The zero-order valence-electron chi connectivity index (χ0n) is 19.0. The molecule has 7 nitrogen and oxygen atoms in total. The van der Waals surface area contributed by atoms with Crippen LogP contribution in [0, 0.1) is 0 Å². The fraction of sp³-hybridized carbons (Fsp3) is 0.360. The highest BCUT2D eigenvalue weighted by molar-refractivity contribution is 9.10. The predicted octanol–water partition coefficient (Wildman–Crippen LogP) is 5.68. The van der Waals surface area contributed by atoms with Crippen molar-refractivity contribution in [3.63, 3.8) is 0 Å². The van der Waals surface area contributed by atoms with Crippen molar-refractivity contribution < 1.29 is 23.4 Å². The number of ketones is 1. The normalized spacial score (nSPS) is 14.7. The van der Waals surface area contributed by atoms with E-state index < -0.39 is 6.10 Å². The molecule has 0 spiro atoms. The minimum absolute atomic E-state index is 0.0159. The van der Waals surface area contributed by atoms with E-state index in [0.717, 1.165) is 24.3 Å². The van der Waals surface area contributed by atoms with Crippen LogP contribution in [-0.4, -0.2) is 45.2 Å². The Bertz CT molecular complexity index is 1080. The summed E-state index contributed by atoms with van der Waals surface area (Å²) in [4.78, 5) is 19.9. The van der Waals surface area contributed by atoms with Crippen molar-refractivity contribution >= 4 is 27.4 Å². The monoisotopic (exact) mass is 514 g/mol. The summed E-state index contributed by atoms with van der Waals surface area (Å²) < 4.78 is 22.6. The molecule has 0 saturated carbocycles. The van der Waals surface area contributed by atoms with Crippen molar-refractivity contribution in [2.24, 2.45) is 0 Å². The molecule has 1 saturated heterocycles. The van der Waals surface area contributed by atoms with Crippen LogP contribution in [0.2, 0.25) is 0 Å². The lowest BCUT2D eigenvalue weighted by molar-refractivity contribution is 0.0569. The number of Topliss-reactive ketones (excluding diaryl/α,β-unsaturated/α-hetero) is 1. The topological polar surface area (TPSA) is 74.0 Å². The van der Waals surface area contributed by atoms with E-state index in [9.17, 15) is 4.79 Å². The Balaban J connectivity index is 1.55. The number of carbonyl (C=O) groups excluding carboxylic acids is 1. The zero-order valence-corrected chi connectivity index (χ0v) is 20.6. The number of hydrogen-bond donors (Lipinski definition) is 0. The van der Waals surface area contributed by atoms with Crippen LogP contribution in [0.3, 0.4) is 0 Å². The van der Waals surface area contributed by atoms with Gasteiger partial charge >= 0.3 is 0 Å². The maximum Gasteiger partial charge on any atom is 0.266 e. The molecule has 8 heteroatoms. The largest absolute Gasteiger partial charge is 0.495 e. The fourth-order valence-electron chi connectivity index (χ4n) is 4.06. The number of hydrogen-bond acceptors (Lipinski definition) is 7. The highest BCUT2D eigenvalue weighted by Gasteiger charge is 2.27. The molecule has 4 rings (SSSR count). The van der Waals surface area contributed by atoms with Gasteiger partial charge in [0.2, 0.25) is 0 Å². The Morgan fingerprint density at radius 3 is 2.24 bits per heavy atom. The lowest BCUT2D eigenvalue weighted by Gasteiger charge is -2.29. The van der Waals surface area contributed by atoms with E-state index in [1.807, 2.05) is 24.3 Å². The SMILES string of the molecule is COc1cc(-c2coc(C(=O)C(OC)c3ccc(N4CCCCC4)cc3)n2)cc(OC)c1Br. The molecule has 1 aromatic heterocycles. The second-order valence-corrected chi connectivity index (χ2v) is 8.64. The summed E-state index contributed by atoms with van der Waals surface area (Å²) in [5.74, 6) is 0.816. The van der Waals surface area contributed by atoms with E-state index in [0.29, 0.717) is 27.2 Å². The molecule has 1 unspecified atom stereocenters. The Morgan fingerprint density at radius 1 is 1.03 bits per heavy atom. The molecule has 1 aliphatic rings. The number of methoxy groups -OCH3 is 3. The second kappa shape index (κ2) is 10.4. The van der Waals surface area contributed by atoms with Gasteiger partial charge in [-0.25, -0.2) is 4.98 Å². The van der Waals surface area contributed by atoms with Gasteiger partial charge in [0.15, 0.2) is 6.10 Å². The molecule has 1 atom stereocenters. The standard InChI is InChI=1S/C25H27BrN2O5/c1-30-20-13-17(14-21(31-2)22(20)26)19-15-33-25(27-19)23(29)24(32-3)16-7-9-18(10-8-16)28-11-5-4-6-12-28/h7-10,13-15,24H,4-6,11-12H2,1-3H3. The smallest absolute Gasteiger partial charge is 0.266 e. The van der Waals surface area contributed by atoms with Crippen LogP contribution in [0.15, 0.2) is 51.6 Å².